The molecule has 5 heteroatoms. The lowest BCUT2D eigenvalue weighted by Crippen LogP contribution is -2.32. The Hall–Kier alpha value is -0.550. The van der Waals surface area contributed by atoms with Crippen LogP contribution in [0.4, 0.5) is 0 Å². The number of benzene rings is 1. The largest absolute Gasteiger partial charge is 0.412 e. The molecule has 0 saturated carbocycles. The molecule has 1 aromatic rings. The maximum atomic E-state index is 10.9. The van der Waals surface area contributed by atoms with Gasteiger partial charge in [-0.15, -0.1) is 25.0 Å². The van der Waals surface area contributed by atoms with Crippen LogP contribution in [0, 0.1) is 0 Å². The zero-order valence-electron chi connectivity index (χ0n) is 8.38. The second-order valence-corrected chi connectivity index (χ2v) is 3.50. The van der Waals surface area contributed by atoms with Crippen LogP contribution < -0.4 is 5.73 Å². The average molecular weight is 250 g/mol. The SMILES string of the molecule is C[C@@H](c1ccccc1)[C@@H](N)C(=O)S.Cl.O. The molecule has 0 fully saturated rings. The Labute approximate surface area is 101 Å². The lowest BCUT2D eigenvalue weighted by Gasteiger charge is -2.16. The van der Waals surface area contributed by atoms with Crippen LogP contribution in [0.3, 0.4) is 0 Å². The zero-order valence-corrected chi connectivity index (χ0v) is 10.1. The number of hydrogen-bond donors (Lipinski definition) is 2. The minimum absolute atomic E-state index is 0. The third-order valence-electron chi connectivity index (χ3n) is 2.15. The number of nitrogens with two attached hydrogens (primary N) is 1. The van der Waals surface area contributed by atoms with Crippen LogP contribution in [0.15, 0.2) is 30.3 Å². The van der Waals surface area contributed by atoms with Crippen molar-refractivity contribution in [3.05, 3.63) is 35.9 Å². The van der Waals surface area contributed by atoms with Crippen molar-refractivity contribution in [3.63, 3.8) is 0 Å². The van der Waals surface area contributed by atoms with E-state index in [1.54, 1.807) is 0 Å². The standard InChI is InChI=1S/C10H13NOS.ClH.H2O/c1-7(9(11)10(12)13)8-5-3-2-4-6-8;;/h2-7,9H,11H2,1H3,(H,12,13);1H;1H2/t7-,9+;;/m0../s1. The Morgan fingerprint density at radius 2 is 1.80 bits per heavy atom. The molecule has 3 nitrogen and oxygen atoms in total. The van der Waals surface area contributed by atoms with Crippen molar-refractivity contribution >= 4 is 30.2 Å². The van der Waals surface area contributed by atoms with Gasteiger partial charge in [-0.05, 0) is 5.56 Å². The summed E-state index contributed by atoms with van der Waals surface area (Å²) in [5.41, 5.74) is 6.73. The van der Waals surface area contributed by atoms with Crippen molar-refractivity contribution in [1.29, 1.82) is 0 Å². The van der Waals surface area contributed by atoms with E-state index in [0.717, 1.165) is 5.56 Å². The highest BCUT2D eigenvalue weighted by Crippen LogP contribution is 2.18. The van der Waals surface area contributed by atoms with Gasteiger partial charge in [-0.25, -0.2) is 0 Å². The molecule has 2 atom stereocenters. The second kappa shape index (κ2) is 7.70. The summed E-state index contributed by atoms with van der Waals surface area (Å²) in [6, 6.07) is 9.20. The molecule has 86 valence electrons. The molecule has 0 heterocycles. The monoisotopic (exact) mass is 249 g/mol. The van der Waals surface area contributed by atoms with Crippen LogP contribution in [-0.4, -0.2) is 16.6 Å². The van der Waals surface area contributed by atoms with Crippen LogP contribution >= 0.6 is 25.0 Å². The average Bonchev–Trinajstić information content (AvgIpc) is 2.17. The van der Waals surface area contributed by atoms with Gasteiger partial charge in [0.2, 0.25) is 5.12 Å². The first kappa shape index (κ1) is 16.9. The number of halogens is 1. The van der Waals surface area contributed by atoms with Gasteiger partial charge in [0.1, 0.15) is 0 Å². The van der Waals surface area contributed by atoms with Gasteiger partial charge in [0, 0.05) is 5.92 Å². The highest BCUT2D eigenvalue weighted by Gasteiger charge is 2.18. The molecular formula is C10H16ClNO2S. The minimum Gasteiger partial charge on any atom is -0.412 e. The fourth-order valence-electron chi connectivity index (χ4n) is 1.18. The summed E-state index contributed by atoms with van der Waals surface area (Å²) < 4.78 is 0. The predicted molar refractivity (Wildman–Crippen MR) is 67.7 cm³/mol. The van der Waals surface area contributed by atoms with Crippen molar-refractivity contribution in [2.45, 2.75) is 18.9 Å². The summed E-state index contributed by atoms with van der Waals surface area (Å²) in [6.45, 7) is 1.92. The predicted octanol–water partition coefficient (Wildman–Crippen LogP) is 1.17. The minimum atomic E-state index is -0.522. The van der Waals surface area contributed by atoms with Gasteiger partial charge in [-0.3, -0.25) is 4.79 Å². The van der Waals surface area contributed by atoms with Crippen LogP contribution in [-0.2, 0) is 4.79 Å². The summed E-state index contributed by atoms with van der Waals surface area (Å²) in [5.74, 6) is 0.0196. The molecule has 0 spiro atoms. The van der Waals surface area contributed by atoms with Crippen LogP contribution in [0.25, 0.3) is 0 Å². The highest BCUT2D eigenvalue weighted by molar-refractivity contribution is 7.96. The Balaban J connectivity index is 0. The van der Waals surface area contributed by atoms with E-state index in [9.17, 15) is 4.79 Å². The summed E-state index contributed by atoms with van der Waals surface area (Å²) in [7, 11) is 0. The number of carbonyl (C=O) groups excluding carboxylic acids is 1. The van der Waals surface area contributed by atoms with Gasteiger partial charge in [-0.2, -0.15) is 0 Å². The van der Waals surface area contributed by atoms with Crippen molar-refractivity contribution < 1.29 is 10.3 Å². The molecule has 0 bridgehead atoms. The van der Waals surface area contributed by atoms with Crippen molar-refractivity contribution in [1.82, 2.24) is 0 Å². The van der Waals surface area contributed by atoms with E-state index in [1.807, 2.05) is 37.3 Å². The van der Waals surface area contributed by atoms with Crippen molar-refractivity contribution in [2.75, 3.05) is 0 Å². The lowest BCUT2D eigenvalue weighted by atomic mass is 9.95. The maximum Gasteiger partial charge on any atom is 0.203 e. The molecule has 4 N–H and O–H groups in total. The molecule has 0 aliphatic heterocycles. The van der Waals surface area contributed by atoms with E-state index < -0.39 is 6.04 Å². The summed E-state index contributed by atoms with van der Waals surface area (Å²) in [6.07, 6.45) is 0. The van der Waals surface area contributed by atoms with Gasteiger partial charge < -0.3 is 11.2 Å². The van der Waals surface area contributed by atoms with E-state index in [2.05, 4.69) is 12.6 Å². The van der Waals surface area contributed by atoms with Gasteiger partial charge in [0.05, 0.1) is 6.04 Å². The Bertz CT molecular complexity index is 295. The third kappa shape index (κ3) is 4.66. The summed E-state index contributed by atoms with van der Waals surface area (Å²) >= 11 is 3.72. The third-order valence-corrected chi connectivity index (χ3v) is 2.45. The second-order valence-electron chi connectivity index (χ2n) is 3.06. The molecule has 0 aliphatic rings. The molecule has 0 radical (unpaired) electrons. The molecule has 0 saturated heterocycles. The van der Waals surface area contributed by atoms with E-state index in [0.29, 0.717) is 0 Å². The molecule has 0 unspecified atom stereocenters. The van der Waals surface area contributed by atoms with Gasteiger partial charge in [-0.1, -0.05) is 37.3 Å². The molecule has 1 rings (SSSR count). The van der Waals surface area contributed by atoms with Crippen LogP contribution in [0.2, 0.25) is 0 Å². The molecule has 0 amide bonds. The molecule has 0 aliphatic carbocycles. The molecule has 1 aromatic carbocycles. The Morgan fingerprint density at radius 3 is 2.20 bits per heavy atom. The number of rotatable bonds is 3. The van der Waals surface area contributed by atoms with E-state index in [-0.39, 0.29) is 28.9 Å². The summed E-state index contributed by atoms with van der Waals surface area (Å²) in [5, 5.41) is -0.267. The first-order valence-electron chi connectivity index (χ1n) is 4.16. The van der Waals surface area contributed by atoms with Crippen LogP contribution in [0.1, 0.15) is 18.4 Å². The maximum absolute atomic E-state index is 10.9. The fourth-order valence-corrected chi connectivity index (χ4v) is 1.40. The van der Waals surface area contributed by atoms with Gasteiger partial charge in [0.15, 0.2) is 0 Å². The first-order chi connectivity index (χ1) is 6.13. The normalized spacial score (nSPS) is 13.0. The zero-order chi connectivity index (χ0) is 9.84. The Kier molecular flexibility index (Phi) is 8.66. The number of hydrogen-bond acceptors (Lipinski definition) is 2. The van der Waals surface area contributed by atoms with Crippen molar-refractivity contribution in [2.24, 2.45) is 5.73 Å². The quantitative estimate of drug-likeness (QED) is 0.790. The smallest absolute Gasteiger partial charge is 0.203 e. The molecule has 15 heavy (non-hydrogen) atoms. The topological polar surface area (TPSA) is 74.6 Å². The fraction of sp³-hybridized carbons (Fsp3) is 0.300. The lowest BCUT2D eigenvalue weighted by molar-refractivity contribution is -0.112. The highest BCUT2D eigenvalue weighted by atomic mass is 35.5. The van der Waals surface area contributed by atoms with E-state index in [4.69, 9.17) is 5.73 Å². The summed E-state index contributed by atoms with van der Waals surface area (Å²) in [4.78, 5) is 10.9. The Morgan fingerprint density at radius 1 is 1.33 bits per heavy atom. The number of thiol groups is 1. The number of carbonyl (C=O) groups is 1. The first-order valence-corrected chi connectivity index (χ1v) is 4.61. The van der Waals surface area contributed by atoms with Gasteiger partial charge >= 0.3 is 0 Å². The molecule has 0 aromatic heterocycles. The van der Waals surface area contributed by atoms with Crippen molar-refractivity contribution in [3.8, 4) is 0 Å². The van der Waals surface area contributed by atoms with E-state index in [1.165, 1.54) is 0 Å². The van der Waals surface area contributed by atoms with Gasteiger partial charge in [0.25, 0.3) is 0 Å². The van der Waals surface area contributed by atoms with E-state index >= 15 is 0 Å². The molecular weight excluding hydrogens is 234 g/mol. The van der Waals surface area contributed by atoms with Crippen LogP contribution in [0.5, 0.6) is 0 Å².